The summed E-state index contributed by atoms with van der Waals surface area (Å²) in [7, 11) is 0. The van der Waals surface area contributed by atoms with E-state index in [4.69, 9.17) is 5.73 Å². The Morgan fingerprint density at radius 3 is 2.00 bits per heavy atom. The van der Waals surface area contributed by atoms with E-state index in [9.17, 15) is 0 Å². The van der Waals surface area contributed by atoms with Gasteiger partial charge in [0.15, 0.2) is 0 Å². The zero-order chi connectivity index (χ0) is 10.5. The molecular formula is C13H27N. The van der Waals surface area contributed by atoms with Gasteiger partial charge >= 0.3 is 0 Å². The molecule has 0 radical (unpaired) electrons. The van der Waals surface area contributed by atoms with Crippen molar-refractivity contribution in [3.8, 4) is 0 Å². The van der Waals surface area contributed by atoms with Gasteiger partial charge in [0.05, 0.1) is 0 Å². The summed E-state index contributed by atoms with van der Waals surface area (Å²) in [6.07, 6.45) is 16.6. The van der Waals surface area contributed by atoms with Gasteiger partial charge in [-0.2, -0.15) is 0 Å². The van der Waals surface area contributed by atoms with Crippen molar-refractivity contribution < 1.29 is 0 Å². The van der Waals surface area contributed by atoms with Gasteiger partial charge in [0.25, 0.3) is 0 Å². The zero-order valence-corrected chi connectivity index (χ0v) is 9.80. The first kappa shape index (κ1) is 13.7. The van der Waals surface area contributed by atoms with Crippen molar-refractivity contribution in [2.75, 3.05) is 6.54 Å². The van der Waals surface area contributed by atoms with Crippen molar-refractivity contribution in [3.05, 3.63) is 12.2 Å². The van der Waals surface area contributed by atoms with Crippen LogP contribution in [0.2, 0.25) is 0 Å². The second-order valence-electron chi connectivity index (χ2n) is 3.96. The molecule has 2 N–H and O–H groups in total. The highest BCUT2D eigenvalue weighted by Gasteiger charge is 1.88. The second kappa shape index (κ2) is 12.7. The average molecular weight is 197 g/mol. The smallest absolute Gasteiger partial charge is 0.00426 e. The van der Waals surface area contributed by atoms with Gasteiger partial charge in [-0.1, -0.05) is 57.6 Å². The highest BCUT2D eigenvalue weighted by Crippen LogP contribution is 2.08. The summed E-state index contributed by atoms with van der Waals surface area (Å²) < 4.78 is 0. The quantitative estimate of drug-likeness (QED) is 0.415. The molecule has 84 valence electrons. The molecule has 0 aromatic heterocycles. The maximum Gasteiger partial charge on any atom is -0.00426 e. The lowest BCUT2D eigenvalue weighted by Gasteiger charge is -1.98. The molecule has 0 amide bonds. The Labute approximate surface area is 89.8 Å². The molecule has 0 unspecified atom stereocenters. The van der Waals surface area contributed by atoms with Crippen molar-refractivity contribution in [1.82, 2.24) is 0 Å². The molecule has 0 atom stereocenters. The van der Waals surface area contributed by atoms with Gasteiger partial charge in [-0.05, 0) is 25.8 Å². The topological polar surface area (TPSA) is 26.0 Å². The van der Waals surface area contributed by atoms with Crippen molar-refractivity contribution in [1.29, 1.82) is 0 Å². The Morgan fingerprint density at radius 1 is 0.786 bits per heavy atom. The molecule has 0 aliphatic carbocycles. The lowest BCUT2D eigenvalue weighted by molar-refractivity contribution is 0.592. The molecule has 0 heterocycles. The number of hydrogen-bond donors (Lipinski definition) is 1. The molecule has 0 spiro atoms. The molecule has 1 heteroatoms. The molecule has 0 rings (SSSR count). The molecule has 0 fully saturated rings. The first-order valence-corrected chi connectivity index (χ1v) is 6.27. The summed E-state index contributed by atoms with van der Waals surface area (Å²) >= 11 is 0. The average Bonchev–Trinajstić information content (AvgIpc) is 2.21. The van der Waals surface area contributed by atoms with Crippen molar-refractivity contribution >= 4 is 0 Å². The minimum Gasteiger partial charge on any atom is -0.330 e. The number of unbranched alkanes of at least 4 members (excludes halogenated alkanes) is 7. The predicted molar refractivity (Wildman–Crippen MR) is 65.4 cm³/mol. The molecule has 0 aliphatic rings. The van der Waals surface area contributed by atoms with E-state index in [1.807, 2.05) is 0 Å². The maximum absolute atomic E-state index is 5.39. The van der Waals surface area contributed by atoms with Crippen LogP contribution in [0.5, 0.6) is 0 Å². The van der Waals surface area contributed by atoms with E-state index in [0.29, 0.717) is 0 Å². The first-order chi connectivity index (χ1) is 6.91. The molecule has 0 aromatic rings. The van der Waals surface area contributed by atoms with Gasteiger partial charge < -0.3 is 5.73 Å². The van der Waals surface area contributed by atoms with Crippen LogP contribution in [0.3, 0.4) is 0 Å². The third-order valence-corrected chi connectivity index (χ3v) is 2.47. The van der Waals surface area contributed by atoms with E-state index in [-0.39, 0.29) is 0 Å². The lowest BCUT2D eigenvalue weighted by atomic mass is 10.1. The van der Waals surface area contributed by atoms with E-state index in [2.05, 4.69) is 19.1 Å². The Bertz CT molecular complexity index is 118. The fourth-order valence-electron chi connectivity index (χ4n) is 1.55. The molecular weight excluding hydrogens is 170 g/mol. The van der Waals surface area contributed by atoms with Crippen LogP contribution in [0, 0.1) is 0 Å². The number of hydrogen-bond acceptors (Lipinski definition) is 1. The fraction of sp³-hybridized carbons (Fsp3) is 0.846. The van der Waals surface area contributed by atoms with Crippen LogP contribution in [-0.2, 0) is 0 Å². The fourth-order valence-corrected chi connectivity index (χ4v) is 1.55. The maximum atomic E-state index is 5.39. The third-order valence-electron chi connectivity index (χ3n) is 2.47. The normalized spacial score (nSPS) is 11.3. The highest BCUT2D eigenvalue weighted by molar-refractivity contribution is 4.81. The number of rotatable bonds is 10. The van der Waals surface area contributed by atoms with Crippen LogP contribution in [0.25, 0.3) is 0 Å². The number of nitrogens with two attached hydrogens (primary N) is 1. The Hall–Kier alpha value is -0.300. The van der Waals surface area contributed by atoms with Gasteiger partial charge in [-0.3, -0.25) is 0 Å². The standard InChI is InChI=1S/C13H27N/c1-2-3-4-5-6-7-8-9-10-11-12-13-14/h10-11H,2-9,12-14H2,1H3. The molecule has 0 saturated heterocycles. The minimum absolute atomic E-state index is 0.785. The Balaban J connectivity index is 2.91. The van der Waals surface area contributed by atoms with Gasteiger partial charge in [-0.25, -0.2) is 0 Å². The monoisotopic (exact) mass is 197 g/mol. The first-order valence-electron chi connectivity index (χ1n) is 6.27. The number of allylic oxidation sites excluding steroid dienone is 1. The zero-order valence-electron chi connectivity index (χ0n) is 9.80. The minimum atomic E-state index is 0.785. The van der Waals surface area contributed by atoms with Crippen LogP contribution < -0.4 is 5.73 Å². The van der Waals surface area contributed by atoms with Gasteiger partial charge in [0.1, 0.15) is 0 Å². The third kappa shape index (κ3) is 11.7. The van der Waals surface area contributed by atoms with Gasteiger partial charge in [0.2, 0.25) is 0 Å². The summed E-state index contributed by atoms with van der Waals surface area (Å²) in [5, 5.41) is 0. The van der Waals surface area contributed by atoms with Crippen LogP contribution in [0.15, 0.2) is 12.2 Å². The van der Waals surface area contributed by atoms with Crippen molar-refractivity contribution in [3.63, 3.8) is 0 Å². The van der Waals surface area contributed by atoms with Gasteiger partial charge in [0, 0.05) is 0 Å². The summed E-state index contributed by atoms with van der Waals surface area (Å²) in [5.74, 6) is 0. The van der Waals surface area contributed by atoms with Crippen LogP contribution in [0.4, 0.5) is 0 Å². The molecule has 0 bridgehead atoms. The lowest BCUT2D eigenvalue weighted by Crippen LogP contribution is -1.94. The molecule has 14 heavy (non-hydrogen) atoms. The summed E-state index contributed by atoms with van der Waals surface area (Å²) in [5.41, 5.74) is 5.39. The predicted octanol–water partition coefficient (Wildman–Crippen LogP) is 4.03. The van der Waals surface area contributed by atoms with Crippen LogP contribution in [0.1, 0.15) is 64.7 Å². The van der Waals surface area contributed by atoms with Gasteiger partial charge in [-0.15, -0.1) is 0 Å². The largest absolute Gasteiger partial charge is 0.330 e. The van der Waals surface area contributed by atoms with E-state index in [0.717, 1.165) is 13.0 Å². The molecule has 0 aliphatic heterocycles. The van der Waals surface area contributed by atoms with E-state index in [1.165, 1.54) is 51.4 Å². The van der Waals surface area contributed by atoms with Crippen LogP contribution in [-0.4, -0.2) is 6.54 Å². The second-order valence-corrected chi connectivity index (χ2v) is 3.96. The highest BCUT2D eigenvalue weighted by atomic mass is 14.5. The molecule has 0 aromatic carbocycles. The van der Waals surface area contributed by atoms with Crippen LogP contribution >= 0.6 is 0 Å². The summed E-state index contributed by atoms with van der Waals surface area (Å²) in [6, 6.07) is 0. The van der Waals surface area contributed by atoms with E-state index >= 15 is 0 Å². The molecule has 1 nitrogen and oxygen atoms in total. The Morgan fingerprint density at radius 2 is 1.36 bits per heavy atom. The Kier molecular flexibility index (Phi) is 12.4. The SMILES string of the molecule is CCCCCCCCCC=CCCN. The summed E-state index contributed by atoms with van der Waals surface area (Å²) in [6.45, 7) is 3.05. The van der Waals surface area contributed by atoms with E-state index < -0.39 is 0 Å². The molecule has 0 saturated carbocycles. The summed E-state index contributed by atoms with van der Waals surface area (Å²) in [4.78, 5) is 0. The van der Waals surface area contributed by atoms with Crippen molar-refractivity contribution in [2.24, 2.45) is 5.73 Å². The van der Waals surface area contributed by atoms with E-state index in [1.54, 1.807) is 0 Å². The van der Waals surface area contributed by atoms with Crippen molar-refractivity contribution in [2.45, 2.75) is 64.7 Å².